The second-order valence-electron chi connectivity index (χ2n) is 4.00. The van der Waals surface area contributed by atoms with Crippen molar-refractivity contribution in [3.8, 4) is 0 Å². The number of ether oxygens (including phenoxy) is 1. The zero-order chi connectivity index (χ0) is 11.5. The Kier molecular flexibility index (Phi) is 3.10. The van der Waals surface area contributed by atoms with Crippen molar-refractivity contribution in [1.82, 2.24) is 4.90 Å². The van der Waals surface area contributed by atoms with E-state index in [1.54, 1.807) is 4.90 Å². The van der Waals surface area contributed by atoms with Crippen LogP contribution in [0.2, 0.25) is 0 Å². The zero-order valence-corrected chi connectivity index (χ0v) is 9.22. The first-order valence-electron chi connectivity index (χ1n) is 5.31. The van der Waals surface area contributed by atoms with Crippen LogP contribution in [0.1, 0.15) is 11.1 Å². The molecule has 1 fully saturated rings. The van der Waals surface area contributed by atoms with Crippen LogP contribution in [0.5, 0.6) is 0 Å². The number of hydrogen-bond donors (Lipinski definition) is 1. The third-order valence-electron chi connectivity index (χ3n) is 2.78. The van der Waals surface area contributed by atoms with Crippen molar-refractivity contribution in [2.45, 2.75) is 19.6 Å². The number of nitrogens with zero attached hydrogens (tertiary/aromatic N) is 1. The van der Waals surface area contributed by atoms with Gasteiger partial charge in [0.25, 0.3) is 0 Å². The van der Waals surface area contributed by atoms with Crippen LogP contribution in [0.3, 0.4) is 0 Å². The predicted molar refractivity (Wildman–Crippen MR) is 58.9 cm³/mol. The number of aliphatic hydroxyl groups excluding tert-OH is 1. The summed E-state index contributed by atoms with van der Waals surface area (Å²) in [6.07, 6.45) is -0.723. The molecule has 0 unspecified atom stereocenters. The smallest absolute Gasteiger partial charge is 0.410 e. The van der Waals surface area contributed by atoms with Gasteiger partial charge in [-0.25, -0.2) is 4.79 Å². The third kappa shape index (κ3) is 2.17. The van der Waals surface area contributed by atoms with E-state index in [-0.39, 0.29) is 18.8 Å². The number of rotatable bonds is 3. The number of hydrogen-bond acceptors (Lipinski definition) is 3. The van der Waals surface area contributed by atoms with Gasteiger partial charge in [0, 0.05) is 6.54 Å². The molecule has 0 bridgehead atoms. The van der Waals surface area contributed by atoms with Gasteiger partial charge in [-0.3, -0.25) is 0 Å². The molecule has 0 radical (unpaired) electrons. The molecule has 1 aliphatic rings. The van der Waals surface area contributed by atoms with Gasteiger partial charge in [0.2, 0.25) is 0 Å². The molecule has 1 amide bonds. The van der Waals surface area contributed by atoms with Crippen LogP contribution in [0.25, 0.3) is 0 Å². The second kappa shape index (κ2) is 4.53. The molecule has 0 aromatic heterocycles. The fourth-order valence-corrected chi connectivity index (χ4v) is 1.79. The minimum absolute atomic E-state index is 0.115. The van der Waals surface area contributed by atoms with Gasteiger partial charge in [-0.1, -0.05) is 24.3 Å². The average molecular weight is 221 g/mol. The Hall–Kier alpha value is -1.55. The minimum atomic E-state index is -0.378. The lowest BCUT2D eigenvalue weighted by Gasteiger charge is -2.14. The molecule has 1 aromatic carbocycles. The van der Waals surface area contributed by atoms with Gasteiger partial charge in [0.05, 0.1) is 13.2 Å². The summed E-state index contributed by atoms with van der Waals surface area (Å²) in [5, 5.41) is 8.92. The molecule has 1 aromatic rings. The average Bonchev–Trinajstić information content (AvgIpc) is 2.63. The number of aryl methyl sites for hydroxylation is 1. The Morgan fingerprint density at radius 1 is 1.50 bits per heavy atom. The van der Waals surface area contributed by atoms with Gasteiger partial charge < -0.3 is 14.7 Å². The SMILES string of the molecule is Cc1ccccc1CN1C[C@H](CO)OC1=O. The van der Waals surface area contributed by atoms with E-state index in [9.17, 15) is 4.79 Å². The summed E-state index contributed by atoms with van der Waals surface area (Å²) in [5.74, 6) is 0. The summed E-state index contributed by atoms with van der Waals surface area (Å²) in [6.45, 7) is 2.90. The third-order valence-corrected chi connectivity index (χ3v) is 2.78. The number of cyclic esters (lactones) is 1. The molecule has 1 heterocycles. The molecule has 0 spiro atoms. The second-order valence-corrected chi connectivity index (χ2v) is 4.00. The van der Waals surface area contributed by atoms with E-state index < -0.39 is 0 Å². The van der Waals surface area contributed by atoms with Crippen LogP contribution in [-0.2, 0) is 11.3 Å². The molecule has 1 atom stereocenters. The van der Waals surface area contributed by atoms with Crippen molar-refractivity contribution in [3.63, 3.8) is 0 Å². The van der Waals surface area contributed by atoms with Crippen molar-refractivity contribution in [2.24, 2.45) is 0 Å². The monoisotopic (exact) mass is 221 g/mol. The van der Waals surface area contributed by atoms with Gasteiger partial charge in [-0.05, 0) is 18.1 Å². The van der Waals surface area contributed by atoms with E-state index in [1.807, 2.05) is 31.2 Å². The highest BCUT2D eigenvalue weighted by atomic mass is 16.6. The lowest BCUT2D eigenvalue weighted by Crippen LogP contribution is -2.25. The highest BCUT2D eigenvalue weighted by Crippen LogP contribution is 2.16. The highest BCUT2D eigenvalue weighted by molar-refractivity contribution is 5.70. The molecular weight excluding hydrogens is 206 g/mol. The van der Waals surface area contributed by atoms with E-state index in [1.165, 1.54) is 0 Å². The van der Waals surface area contributed by atoms with Gasteiger partial charge in [0.1, 0.15) is 6.10 Å². The Balaban J connectivity index is 2.06. The normalized spacial score (nSPS) is 20.0. The van der Waals surface area contributed by atoms with E-state index in [0.717, 1.165) is 11.1 Å². The molecule has 1 aliphatic heterocycles. The van der Waals surface area contributed by atoms with Crippen molar-refractivity contribution in [1.29, 1.82) is 0 Å². The largest absolute Gasteiger partial charge is 0.442 e. The number of aliphatic hydroxyl groups is 1. The Morgan fingerprint density at radius 3 is 2.88 bits per heavy atom. The van der Waals surface area contributed by atoms with Crippen LogP contribution in [-0.4, -0.2) is 35.4 Å². The predicted octanol–water partition coefficient (Wildman–Crippen LogP) is 1.31. The Bertz CT molecular complexity index is 392. The standard InChI is InChI=1S/C12H15NO3/c1-9-4-2-3-5-10(9)6-13-7-11(8-14)16-12(13)15/h2-5,11,14H,6-8H2,1H3/t11-/m1/s1. The van der Waals surface area contributed by atoms with E-state index in [0.29, 0.717) is 13.1 Å². The lowest BCUT2D eigenvalue weighted by molar-refractivity contribution is 0.0947. The fraction of sp³-hybridized carbons (Fsp3) is 0.417. The van der Waals surface area contributed by atoms with E-state index in [2.05, 4.69) is 0 Å². The topological polar surface area (TPSA) is 49.8 Å². The molecule has 2 rings (SSSR count). The van der Waals surface area contributed by atoms with Crippen molar-refractivity contribution < 1.29 is 14.6 Å². The van der Waals surface area contributed by atoms with Gasteiger partial charge >= 0.3 is 6.09 Å². The minimum Gasteiger partial charge on any atom is -0.442 e. The fourth-order valence-electron chi connectivity index (χ4n) is 1.79. The van der Waals surface area contributed by atoms with Crippen LogP contribution >= 0.6 is 0 Å². The molecule has 4 heteroatoms. The van der Waals surface area contributed by atoms with Crippen LogP contribution in [0.4, 0.5) is 4.79 Å². The lowest BCUT2D eigenvalue weighted by atomic mass is 10.1. The quantitative estimate of drug-likeness (QED) is 0.837. The maximum atomic E-state index is 11.5. The summed E-state index contributed by atoms with van der Waals surface area (Å²) >= 11 is 0. The van der Waals surface area contributed by atoms with Crippen molar-refractivity contribution in [2.75, 3.05) is 13.2 Å². The molecular formula is C12H15NO3. The molecule has 0 saturated carbocycles. The summed E-state index contributed by atoms with van der Waals surface area (Å²) in [6, 6.07) is 7.93. The summed E-state index contributed by atoms with van der Waals surface area (Å²) in [5.41, 5.74) is 2.26. The Labute approximate surface area is 94.4 Å². The number of carbonyl (C=O) groups excluding carboxylic acids is 1. The number of amides is 1. The first-order valence-corrected chi connectivity index (χ1v) is 5.31. The van der Waals surface area contributed by atoms with E-state index >= 15 is 0 Å². The maximum Gasteiger partial charge on any atom is 0.410 e. The molecule has 16 heavy (non-hydrogen) atoms. The summed E-state index contributed by atoms with van der Waals surface area (Å²) in [7, 11) is 0. The summed E-state index contributed by atoms with van der Waals surface area (Å²) < 4.78 is 4.97. The number of carbonyl (C=O) groups is 1. The van der Waals surface area contributed by atoms with Gasteiger partial charge in [0.15, 0.2) is 0 Å². The van der Waals surface area contributed by atoms with Gasteiger partial charge in [-0.15, -0.1) is 0 Å². The van der Waals surface area contributed by atoms with Crippen molar-refractivity contribution >= 4 is 6.09 Å². The van der Waals surface area contributed by atoms with Crippen molar-refractivity contribution in [3.05, 3.63) is 35.4 Å². The van der Waals surface area contributed by atoms with Gasteiger partial charge in [-0.2, -0.15) is 0 Å². The van der Waals surface area contributed by atoms with Crippen LogP contribution in [0.15, 0.2) is 24.3 Å². The zero-order valence-electron chi connectivity index (χ0n) is 9.22. The molecule has 0 aliphatic carbocycles. The molecule has 86 valence electrons. The molecule has 1 N–H and O–H groups in total. The molecule has 1 saturated heterocycles. The summed E-state index contributed by atoms with van der Waals surface area (Å²) in [4.78, 5) is 13.1. The maximum absolute atomic E-state index is 11.5. The Morgan fingerprint density at radius 2 is 2.25 bits per heavy atom. The molecule has 4 nitrogen and oxygen atoms in total. The van der Waals surface area contributed by atoms with E-state index in [4.69, 9.17) is 9.84 Å². The van der Waals surface area contributed by atoms with Crippen LogP contribution < -0.4 is 0 Å². The van der Waals surface area contributed by atoms with Crippen LogP contribution in [0, 0.1) is 6.92 Å². The first kappa shape index (κ1) is 11.0. The highest BCUT2D eigenvalue weighted by Gasteiger charge is 2.30. The first-order chi connectivity index (χ1) is 7.70. The number of benzene rings is 1.